The number of nitrogens with two attached hydrogens (primary N) is 1. The first-order valence-electron chi connectivity index (χ1n) is 3.20. The molecule has 0 aliphatic carbocycles. The van der Waals surface area contributed by atoms with Gasteiger partial charge in [-0.2, -0.15) is 0 Å². The summed E-state index contributed by atoms with van der Waals surface area (Å²) in [6.45, 7) is 0. The van der Waals surface area contributed by atoms with Crippen LogP contribution in [0.25, 0.3) is 0 Å². The Balaban J connectivity index is 3.20. The van der Waals surface area contributed by atoms with Crippen LogP contribution in [-0.2, 0) is 0 Å². The van der Waals surface area contributed by atoms with Gasteiger partial charge < -0.3 is 11.1 Å². The van der Waals surface area contributed by atoms with Crippen LogP contribution in [0.3, 0.4) is 0 Å². The largest absolute Gasteiger partial charge is 0.388 e. The predicted octanol–water partition coefficient (Wildman–Crippen LogP) is 0.639. The fraction of sp³-hybridized carbons (Fsp3) is 0.667. The molecule has 0 aliphatic rings. The van der Waals surface area contributed by atoms with Gasteiger partial charge in [-0.25, -0.2) is 0 Å². The molecule has 0 spiro atoms. The first-order valence-corrected chi connectivity index (χ1v) is 3.61. The number of thiocarbonyl (C=S) groups is 1. The van der Waals surface area contributed by atoms with Crippen molar-refractivity contribution in [3.05, 3.63) is 0 Å². The maximum absolute atomic E-state index is 6.91. The zero-order valence-electron chi connectivity index (χ0n) is 6.11. The molecule has 0 saturated heterocycles. The summed E-state index contributed by atoms with van der Waals surface area (Å²) in [5.74, 6) is 0.235. The lowest BCUT2D eigenvalue weighted by molar-refractivity contribution is 0.896. The zero-order valence-corrected chi connectivity index (χ0v) is 6.92. The molecule has 0 atom stereocenters. The molecular formula is C6H13N3S. The topological polar surface area (TPSA) is 61.9 Å². The molecule has 0 fully saturated rings. The lowest BCUT2D eigenvalue weighted by atomic mass is 10.2. The quantitative estimate of drug-likeness (QED) is 0.320. The van der Waals surface area contributed by atoms with Gasteiger partial charge in [0.1, 0.15) is 0 Å². The Kier molecular flexibility index (Phi) is 4.84. The molecular weight excluding hydrogens is 146 g/mol. The summed E-state index contributed by atoms with van der Waals surface area (Å²) in [6, 6.07) is 0. The van der Waals surface area contributed by atoms with E-state index in [0.29, 0.717) is 6.42 Å². The third-order valence-electron chi connectivity index (χ3n) is 1.13. The minimum atomic E-state index is 0.235. The summed E-state index contributed by atoms with van der Waals surface area (Å²) >= 11 is 4.88. The van der Waals surface area contributed by atoms with Crippen LogP contribution >= 0.6 is 12.2 Å². The molecule has 0 aromatic rings. The Morgan fingerprint density at radius 1 is 1.60 bits per heavy atom. The number of hydrogen-bond acceptors (Lipinski definition) is 2. The minimum absolute atomic E-state index is 0.235. The summed E-state index contributed by atoms with van der Waals surface area (Å²) in [4.78, 5) is 0.834. The summed E-state index contributed by atoms with van der Waals surface area (Å²) in [6.07, 6.45) is 2.34. The number of amidine groups is 1. The van der Waals surface area contributed by atoms with E-state index in [1.54, 1.807) is 7.05 Å². The molecule has 0 rings (SSSR count). The first-order chi connectivity index (χ1) is 4.66. The van der Waals surface area contributed by atoms with Crippen molar-refractivity contribution in [1.82, 2.24) is 5.32 Å². The second-order valence-corrected chi connectivity index (χ2v) is 2.54. The smallest absolute Gasteiger partial charge is 0.0905 e. The van der Waals surface area contributed by atoms with Crippen LogP contribution in [0.4, 0.5) is 0 Å². The van der Waals surface area contributed by atoms with Gasteiger partial charge in [-0.3, -0.25) is 5.41 Å². The fourth-order valence-corrected chi connectivity index (χ4v) is 0.709. The van der Waals surface area contributed by atoms with Gasteiger partial charge in [-0.05, 0) is 12.8 Å². The van der Waals surface area contributed by atoms with Crippen LogP contribution in [-0.4, -0.2) is 17.9 Å². The molecule has 0 heterocycles. The van der Waals surface area contributed by atoms with Gasteiger partial charge in [0.2, 0.25) is 0 Å². The molecule has 10 heavy (non-hydrogen) atoms. The summed E-state index contributed by atoms with van der Waals surface area (Å²) in [7, 11) is 1.80. The molecule has 0 bridgehead atoms. The normalized spacial score (nSPS) is 8.90. The lowest BCUT2D eigenvalue weighted by Gasteiger charge is -2.00. The van der Waals surface area contributed by atoms with Crippen LogP contribution in [0, 0.1) is 5.41 Å². The van der Waals surface area contributed by atoms with Crippen molar-refractivity contribution in [2.75, 3.05) is 7.05 Å². The third kappa shape index (κ3) is 5.50. The first kappa shape index (κ1) is 9.36. The van der Waals surface area contributed by atoms with Crippen molar-refractivity contribution in [1.29, 1.82) is 5.41 Å². The van der Waals surface area contributed by atoms with Gasteiger partial charge in [0.15, 0.2) is 0 Å². The van der Waals surface area contributed by atoms with E-state index in [4.69, 9.17) is 23.4 Å². The molecule has 0 amide bonds. The van der Waals surface area contributed by atoms with E-state index in [-0.39, 0.29) is 5.84 Å². The molecule has 4 N–H and O–H groups in total. The Labute approximate surface area is 66.5 Å². The second-order valence-electron chi connectivity index (χ2n) is 2.05. The number of rotatable bonds is 4. The highest BCUT2D eigenvalue weighted by atomic mass is 32.1. The van der Waals surface area contributed by atoms with E-state index < -0.39 is 0 Å². The van der Waals surface area contributed by atoms with E-state index >= 15 is 0 Å². The summed E-state index contributed by atoms with van der Waals surface area (Å²) in [5, 5.41) is 9.77. The fourth-order valence-electron chi connectivity index (χ4n) is 0.564. The molecule has 3 nitrogen and oxygen atoms in total. The van der Waals surface area contributed by atoms with E-state index in [0.717, 1.165) is 17.8 Å². The SMILES string of the molecule is CNC(=S)CCCC(=N)N. The molecule has 0 aromatic carbocycles. The average Bonchev–Trinajstić information content (AvgIpc) is 1.87. The molecule has 4 heteroatoms. The zero-order chi connectivity index (χ0) is 7.98. The minimum Gasteiger partial charge on any atom is -0.388 e. The standard InChI is InChI=1S/C6H13N3S/c1-9-6(10)4-2-3-5(7)8/h2-4H2,1H3,(H3,7,8)(H,9,10). The van der Waals surface area contributed by atoms with Crippen LogP contribution in [0.15, 0.2) is 0 Å². The highest BCUT2D eigenvalue weighted by molar-refractivity contribution is 7.80. The molecule has 0 aliphatic heterocycles. The molecule has 0 aromatic heterocycles. The van der Waals surface area contributed by atoms with E-state index in [9.17, 15) is 0 Å². The van der Waals surface area contributed by atoms with Crippen LogP contribution in [0.2, 0.25) is 0 Å². The number of hydrogen-bond donors (Lipinski definition) is 3. The van der Waals surface area contributed by atoms with E-state index in [1.165, 1.54) is 0 Å². The summed E-state index contributed by atoms with van der Waals surface area (Å²) < 4.78 is 0. The van der Waals surface area contributed by atoms with Crippen LogP contribution < -0.4 is 11.1 Å². The van der Waals surface area contributed by atoms with Crippen molar-refractivity contribution >= 4 is 23.0 Å². The van der Waals surface area contributed by atoms with Crippen molar-refractivity contribution in [3.8, 4) is 0 Å². The Bertz CT molecular complexity index is 133. The second kappa shape index (κ2) is 5.17. The molecule has 0 radical (unpaired) electrons. The maximum atomic E-state index is 6.91. The molecule has 0 saturated carbocycles. The molecule has 0 unspecified atom stereocenters. The average molecular weight is 159 g/mol. The number of nitrogens with one attached hydrogen (secondary N) is 2. The lowest BCUT2D eigenvalue weighted by Crippen LogP contribution is -2.16. The van der Waals surface area contributed by atoms with Crippen LogP contribution in [0.1, 0.15) is 19.3 Å². The predicted molar refractivity (Wildman–Crippen MR) is 47.4 cm³/mol. The maximum Gasteiger partial charge on any atom is 0.0905 e. The van der Waals surface area contributed by atoms with Gasteiger partial charge in [0, 0.05) is 13.5 Å². The van der Waals surface area contributed by atoms with Crippen molar-refractivity contribution in [2.45, 2.75) is 19.3 Å². The van der Waals surface area contributed by atoms with Gasteiger partial charge in [0.05, 0.1) is 10.8 Å². The Morgan fingerprint density at radius 2 is 2.20 bits per heavy atom. The Morgan fingerprint density at radius 3 is 2.60 bits per heavy atom. The third-order valence-corrected chi connectivity index (χ3v) is 1.54. The van der Waals surface area contributed by atoms with Gasteiger partial charge >= 0.3 is 0 Å². The van der Waals surface area contributed by atoms with E-state index in [1.807, 2.05) is 0 Å². The van der Waals surface area contributed by atoms with Gasteiger partial charge in [-0.15, -0.1) is 0 Å². The van der Waals surface area contributed by atoms with Crippen molar-refractivity contribution in [2.24, 2.45) is 5.73 Å². The Hall–Kier alpha value is -0.640. The molecule has 58 valence electrons. The highest BCUT2D eigenvalue weighted by Crippen LogP contribution is 1.94. The van der Waals surface area contributed by atoms with Gasteiger partial charge in [0.25, 0.3) is 0 Å². The monoisotopic (exact) mass is 159 g/mol. The van der Waals surface area contributed by atoms with E-state index in [2.05, 4.69) is 5.32 Å². The van der Waals surface area contributed by atoms with Gasteiger partial charge in [-0.1, -0.05) is 12.2 Å². The van der Waals surface area contributed by atoms with Crippen molar-refractivity contribution in [3.63, 3.8) is 0 Å². The summed E-state index contributed by atoms with van der Waals surface area (Å²) in [5.41, 5.74) is 5.14. The highest BCUT2D eigenvalue weighted by Gasteiger charge is 1.93. The van der Waals surface area contributed by atoms with Crippen LogP contribution in [0.5, 0.6) is 0 Å². The van der Waals surface area contributed by atoms with Crippen molar-refractivity contribution < 1.29 is 0 Å².